The van der Waals surface area contributed by atoms with Crippen LogP contribution in [0.25, 0.3) is 38.3 Å². The molecule has 1 atom stereocenters. The Kier molecular flexibility index (Phi) is 6.65. The molecule has 8 aromatic rings. The second-order valence-corrected chi connectivity index (χ2v) is 13.6. The summed E-state index contributed by atoms with van der Waals surface area (Å²) in [5, 5.41) is 5.04. The lowest BCUT2D eigenvalue weighted by atomic mass is 9.78. The highest BCUT2D eigenvalue weighted by Crippen LogP contribution is 2.49. The molecule has 1 aromatic heterocycles. The zero-order chi connectivity index (χ0) is 32.2. The van der Waals surface area contributed by atoms with Gasteiger partial charge in [0.15, 0.2) is 0 Å². The lowest BCUT2D eigenvalue weighted by Crippen LogP contribution is -2.26. The van der Waals surface area contributed by atoms with Crippen molar-refractivity contribution in [3.63, 3.8) is 0 Å². The van der Waals surface area contributed by atoms with Crippen LogP contribution in [0.15, 0.2) is 169 Å². The number of para-hydroxylation sites is 1. The average Bonchev–Trinajstić information content (AvgIpc) is 3.62. The average molecular weight is 617 g/mol. The van der Waals surface area contributed by atoms with Crippen molar-refractivity contribution >= 4 is 44.0 Å². The molecule has 0 saturated carbocycles. The van der Waals surface area contributed by atoms with Crippen LogP contribution in [-0.2, 0) is 11.8 Å². The first kappa shape index (κ1) is 28.5. The molecule has 2 heteroatoms. The summed E-state index contributed by atoms with van der Waals surface area (Å²) in [6.07, 6.45) is 0.938. The SMILES string of the molecule is CC1(C)C(c2ccccc2)=Nc2c1ccc1c2c2ccccc2n1-c1ccc(C(Cc2ccc3ccccc3c2)c2ccccc2)cc1. The van der Waals surface area contributed by atoms with E-state index in [0.717, 1.165) is 23.5 Å². The van der Waals surface area contributed by atoms with E-state index in [0.29, 0.717) is 0 Å². The van der Waals surface area contributed by atoms with Crippen LogP contribution in [-0.4, -0.2) is 10.3 Å². The van der Waals surface area contributed by atoms with E-state index in [-0.39, 0.29) is 11.3 Å². The van der Waals surface area contributed by atoms with Crippen LogP contribution in [0, 0.1) is 0 Å². The van der Waals surface area contributed by atoms with Gasteiger partial charge in [0, 0.05) is 27.8 Å². The Morgan fingerprint density at radius 2 is 1.25 bits per heavy atom. The third-order valence-electron chi connectivity index (χ3n) is 10.4. The minimum Gasteiger partial charge on any atom is -0.309 e. The summed E-state index contributed by atoms with van der Waals surface area (Å²) in [4.78, 5) is 5.39. The summed E-state index contributed by atoms with van der Waals surface area (Å²) in [6, 6.07) is 59.7. The molecule has 2 nitrogen and oxygen atoms in total. The second kappa shape index (κ2) is 11.2. The monoisotopic (exact) mass is 616 g/mol. The lowest BCUT2D eigenvalue weighted by Gasteiger charge is -2.22. The van der Waals surface area contributed by atoms with Gasteiger partial charge in [0.05, 0.1) is 22.4 Å². The Morgan fingerprint density at radius 1 is 0.583 bits per heavy atom. The van der Waals surface area contributed by atoms with Crippen LogP contribution in [0.4, 0.5) is 5.69 Å². The number of aliphatic imine (C=N–C) groups is 1. The molecule has 7 aromatic carbocycles. The Bertz CT molecular complexity index is 2480. The third-order valence-corrected chi connectivity index (χ3v) is 10.4. The number of hydrogen-bond acceptors (Lipinski definition) is 1. The largest absolute Gasteiger partial charge is 0.309 e. The smallest absolute Gasteiger partial charge is 0.0775 e. The minimum absolute atomic E-state index is 0.187. The van der Waals surface area contributed by atoms with Crippen LogP contribution in [0.5, 0.6) is 0 Å². The van der Waals surface area contributed by atoms with E-state index in [4.69, 9.17) is 4.99 Å². The summed E-state index contributed by atoms with van der Waals surface area (Å²) >= 11 is 0. The molecule has 0 spiro atoms. The molecule has 2 heterocycles. The van der Waals surface area contributed by atoms with Crippen LogP contribution >= 0.6 is 0 Å². The van der Waals surface area contributed by atoms with Gasteiger partial charge in [-0.15, -0.1) is 0 Å². The van der Waals surface area contributed by atoms with E-state index in [9.17, 15) is 0 Å². The molecular weight excluding hydrogens is 581 g/mol. The van der Waals surface area contributed by atoms with Gasteiger partial charge in [-0.25, -0.2) is 0 Å². The molecule has 0 fully saturated rings. The first-order chi connectivity index (χ1) is 23.6. The van der Waals surface area contributed by atoms with Gasteiger partial charge in [-0.1, -0.05) is 153 Å². The highest BCUT2D eigenvalue weighted by molar-refractivity contribution is 6.21. The molecule has 230 valence electrons. The molecule has 0 saturated heterocycles. The molecule has 9 rings (SSSR count). The van der Waals surface area contributed by atoms with Gasteiger partial charge < -0.3 is 4.57 Å². The number of aromatic nitrogens is 1. The normalized spacial score (nSPS) is 14.3. The molecule has 1 aliphatic rings. The van der Waals surface area contributed by atoms with Crippen molar-refractivity contribution in [3.05, 3.63) is 192 Å². The highest BCUT2D eigenvalue weighted by atomic mass is 15.0. The molecule has 0 N–H and O–H groups in total. The Morgan fingerprint density at radius 3 is 2.04 bits per heavy atom. The Balaban J connectivity index is 1.16. The third kappa shape index (κ3) is 4.59. The quantitative estimate of drug-likeness (QED) is 0.177. The zero-order valence-electron chi connectivity index (χ0n) is 27.3. The molecule has 0 amide bonds. The lowest BCUT2D eigenvalue weighted by molar-refractivity contribution is 0.738. The predicted octanol–water partition coefficient (Wildman–Crippen LogP) is 11.7. The molecule has 0 bridgehead atoms. The van der Waals surface area contributed by atoms with E-state index >= 15 is 0 Å². The van der Waals surface area contributed by atoms with Crippen LogP contribution in [0.3, 0.4) is 0 Å². The van der Waals surface area contributed by atoms with Crippen molar-refractivity contribution in [1.82, 2.24) is 4.57 Å². The fraction of sp³-hybridized carbons (Fsp3) is 0.109. The van der Waals surface area contributed by atoms with E-state index in [1.165, 1.54) is 60.4 Å². The fourth-order valence-electron chi connectivity index (χ4n) is 7.91. The second-order valence-electron chi connectivity index (χ2n) is 13.6. The van der Waals surface area contributed by atoms with Crippen molar-refractivity contribution in [2.24, 2.45) is 4.99 Å². The van der Waals surface area contributed by atoms with Gasteiger partial charge in [-0.2, -0.15) is 0 Å². The maximum atomic E-state index is 5.39. The van der Waals surface area contributed by atoms with Crippen molar-refractivity contribution in [3.8, 4) is 5.69 Å². The molecule has 48 heavy (non-hydrogen) atoms. The first-order valence-corrected chi connectivity index (χ1v) is 16.9. The van der Waals surface area contributed by atoms with Crippen LogP contribution in [0.1, 0.15) is 47.6 Å². The van der Waals surface area contributed by atoms with E-state index < -0.39 is 0 Å². The molecule has 0 aliphatic carbocycles. The van der Waals surface area contributed by atoms with Crippen LogP contribution < -0.4 is 0 Å². The van der Waals surface area contributed by atoms with E-state index in [2.05, 4.69) is 182 Å². The maximum Gasteiger partial charge on any atom is 0.0775 e. The van der Waals surface area contributed by atoms with E-state index in [1.807, 2.05) is 0 Å². The van der Waals surface area contributed by atoms with Crippen molar-refractivity contribution in [2.75, 3.05) is 0 Å². The molecular formula is C46H36N2. The molecule has 1 unspecified atom stereocenters. The van der Waals surface area contributed by atoms with Crippen molar-refractivity contribution in [2.45, 2.75) is 31.6 Å². The molecule has 0 radical (unpaired) electrons. The van der Waals surface area contributed by atoms with Gasteiger partial charge in [-0.05, 0) is 69.3 Å². The van der Waals surface area contributed by atoms with Gasteiger partial charge >= 0.3 is 0 Å². The minimum atomic E-state index is -0.187. The standard InChI is InChI=1S/C46H36N2/c1-46(2)40-27-28-42-43(44(40)47-45(46)35-16-7-4-8-17-35)38-19-11-12-20-41(38)48(42)37-25-23-34(24-26-37)39(33-14-5-3-6-15-33)30-31-21-22-32-13-9-10-18-36(32)29-31/h3-29,39H,30H2,1-2H3. The summed E-state index contributed by atoms with van der Waals surface area (Å²) in [7, 11) is 0. The Labute approximate surface area is 281 Å². The Hall–Kier alpha value is -5.73. The summed E-state index contributed by atoms with van der Waals surface area (Å²) < 4.78 is 2.42. The number of hydrogen-bond donors (Lipinski definition) is 0. The van der Waals surface area contributed by atoms with Gasteiger partial charge in [0.25, 0.3) is 0 Å². The van der Waals surface area contributed by atoms with Crippen molar-refractivity contribution < 1.29 is 0 Å². The van der Waals surface area contributed by atoms with Crippen LogP contribution in [0.2, 0.25) is 0 Å². The predicted molar refractivity (Wildman–Crippen MR) is 202 cm³/mol. The first-order valence-electron chi connectivity index (χ1n) is 16.9. The summed E-state index contributed by atoms with van der Waals surface area (Å²) in [5.74, 6) is 0.246. The number of benzene rings is 7. The van der Waals surface area contributed by atoms with Gasteiger partial charge in [0.2, 0.25) is 0 Å². The maximum absolute atomic E-state index is 5.39. The fourth-order valence-corrected chi connectivity index (χ4v) is 7.91. The highest BCUT2D eigenvalue weighted by Gasteiger charge is 2.37. The number of fused-ring (bicyclic) bond motifs is 6. The molecule has 1 aliphatic heterocycles. The summed E-state index contributed by atoms with van der Waals surface area (Å²) in [5.41, 5.74) is 12.1. The van der Waals surface area contributed by atoms with E-state index in [1.54, 1.807) is 0 Å². The number of nitrogens with zero attached hydrogens (tertiary/aromatic N) is 2. The zero-order valence-corrected chi connectivity index (χ0v) is 27.3. The summed E-state index contributed by atoms with van der Waals surface area (Å²) in [6.45, 7) is 4.60. The number of rotatable bonds is 6. The van der Waals surface area contributed by atoms with Gasteiger partial charge in [0.1, 0.15) is 0 Å². The van der Waals surface area contributed by atoms with Crippen molar-refractivity contribution in [1.29, 1.82) is 0 Å². The topological polar surface area (TPSA) is 17.3 Å². The van der Waals surface area contributed by atoms with Gasteiger partial charge in [-0.3, -0.25) is 4.99 Å².